The number of rotatable bonds is 2. The van der Waals surface area contributed by atoms with Crippen LogP contribution < -0.4 is 10.5 Å². The molecule has 1 unspecified atom stereocenters. The smallest absolute Gasteiger partial charge is 0.323 e. The van der Waals surface area contributed by atoms with Crippen molar-refractivity contribution in [1.29, 1.82) is 0 Å². The standard InChI is InChI=1S/C9H10INO2/c1-6(10)9(12)13-8-4-2-7(11)3-5-8/h2-6H,11H2,1H3/p+1. The Labute approximate surface area is 90.4 Å². The summed E-state index contributed by atoms with van der Waals surface area (Å²) in [6.07, 6.45) is 0. The van der Waals surface area contributed by atoms with E-state index in [0.29, 0.717) is 5.75 Å². The summed E-state index contributed by atoms with van der Waals surface area (Å²) in [7, 11) is 0. The molecule has 0 heterocycles. The molecule has 3 N–H and O–H groups in total. The maximum absolute atomic E-state index is 11.2. The van der Waals surface area contributed by atoms with Crippen LogP contribution in [0.4, 0.5) is 5.69 Å². The predicted molar refractivity (Wildman–Crippen MR) is 58.1 cm³/mol. The second kappa shape index (κ2) is 4.57. The van der Waals surface area contributed by atoms with Gasteiger partial charge in [0.15, 0.2) is 0 Å². The molecule has 70 valence electrons. The van der Waals surface area contributed by atoms with Gasteiger partial charge in [-0.1, -0.05) is 22.6 Å². The maximum atomic E-state index is 11.2. The number of esters is 1. The lowest BCUT2D eigenvalue weighted by Gasteiger charge is -2.04. The minimum absolute atomic E-state index is 0.128. The van der Waals surface area contributed by atoms with E-state index in [9.17, 15) is 4.79 Å². The van der Waals surface area contributed by atoms with Gasteiger partial charge in [-0.15, -0.1) is 0 Å². The number of ether oxygens (including phenoxy) is 1. The van der Waals surface area contributed by atoms with Gasteiger partial charge in [-0.3, -0.25) is 4.79 Å². The van der Waals surface area contributed by atoms with Crippen LogP contribution in [-0.2, 0) is 4.79 Å². The van der Waals surface area contributed by atoms with E-state index in [0.717, 1.165) is 5.69 Å². The van der Waals surface area contributed by atoms with E-state index in [1.165, 1.54) is 0 Å². The number of carbonyl (C=O) groups is 1. The van der Waals surface area contributed by atoms with E-state index < -0.39 is 0 Å². The highest BCUT2D eigenvalue weighted by molar-refractivity contribution is 14.1. The van der Waals surface area contributed by atoms with Crippen LogP contribution in [0.15, 0.2) is 24.3 Å². The molecule has 0 fully saturated rings. The van der Waals surface area contributed by atoms with E-state index in [2.05, 4.69) is 5.73 Å². The highest BCUT2D eigenvalue weighted by Gasteiger charge is 2.10. The van der Waals surface area contributed by atoms with Crippen LogP contribution in [0.3, 0.4) is 0 Å². The van der Waals surface area contributed by atoms with Crippen molar-refractivity contribution in [3.05, 3.63) is 24.3 Å². The number of hydrogen-bond donors (Lipinski definition) is 1. The lowest BCUT2D eigenvalue weighted by Crippen LogP contribution is -2.39. The van der Waals surface area contributed by atoms with Crippen molar-refractivity contribution in [2.75, 3.05) is 0 Å². The first-order chi connectivity index (χ1) is 6.09. The SMILES string of the molecule is CC(I)C(=O)Oc1ccc([NH3+])cc1. The maximum Gasteiger partial charge on any atom is 0.323 e. The van der Waals surface area contributed by atoms with Gasteiger partial charge < -0.3 is 10.5 Å². The monoisotopic (exact) mass is 292 g/mol. The largest absolute Gasteiger partial charge is 0.426 e. The minimum Gasteiger partial charge on any atom is -0.426 e. The van der Waals surface area contributed by atoms with Crippen molar-refractivity contribution in [2.45, 2.75) is 10.8 Å². The Morgan fingerprint density at radius 3 is 2.46 bits per heavy atom. The van der Waals surface area contributed by atoms with Gasteiger partial charge in [0, 0.05) is 12.1 Å². The fourth-order valence-corrected chi connectivity index (χ4v) is 0.882. The first-order valence-electron chi connectivity index (χ1n) is 3.87. The third kappa shape index (κ3) is 3.31. The molecule has 1 aromatic rings. The molecule has 4 heteroatoms. The van der Waals surface area contributed by atoms with Crippen molar-refractivity contribution < 1.29 is 15.3 Å². The molecule has 0 amide bonds. The number of alkyl halides is 1. The molecule has 0 aliphatic heterocycles. The normalized spacial score (nSPS) is 12.2. The van der Waals surface area contributed by atoms with Crippen LogP contribution >= 0.6 is 22.6 Å². The predicted octanol–water partition coefficient (Wildman–Crippen LogP) is 1.29. The Morgan fingerprint density at radius 2 is 2.00 bits per heavy atom. The fourth-order valence-electron chi connectivity index (χ4n) is 0.755. The van der Waals surface area contributed by atoms with Crippen molar-refractivity contribution in [3.63, 3.8) is 0 Å². The van der Waals surface area contributed by atoms with E-state index in [1.807, 2.05) is 22.6 Å². The van der Waals surface area contributed by atoms with Gasteiger partial charge in [0.25, 0.3) is 0 Å². The Kier molecular flexibility index (Phi) is 3.68. The van der Waals surface area contributed by atoms with Gasteiger partial charge in [0.05, 0.1) is 0 Å². The summed E-state index contributed by atoms with van der Waals surface area (Å²) in [5, 5.41) is 0. The molecule has 0 aliphatic rings. The van der Waals surface area contributed by atoms with Gasteiger partial charge in [-0.25, -0.2) is 0 Å². The van der Waals surface area contributed by atoms with Gasteiger partial charge in [0.1, 0.15) is 15.4 Å². The number of quaternary nitrogens is 1. The third-order valence-electron chi connectivity index (χ3n) is 1.47. The second-order valence-corrected chi connectivity index (χ2v) is 4.55. The summed E-state index contributed by atoms with van der Waals surface area (Å²) < 4.78 is 4.93. The van der Waals surface area contributed by atoms with Crippen LogP contribution in [-0.4, -0.2) is 9.89 Å². The van der Waals surface area contributed by atoms with E-state index in [-0.39, 0.29) is 9.89 Å². The van der Waals surface area contributed by atoms with Gasteiger partial charge in [-0.05, 0) is 19.1 Å². The van der Waals surface area contributed by atoms with Gasteiger partial charge in [0.2, 0.25) is 0 Å². The minimum atomic E-state index is -0.225. The van der Waals surface area contributed by atoms with Crippen molar-refractivity contribution in [2.24, 2.45) is 0 Å². The molecule has 0 radical (unpaired) electrons. The summed E-state index contributed by atoms with van der Waals surface area (Å²) >= 11 is 2.02. The van der Waals surface area contributed by atoms with Gasteiger partial charge in [-0.2, -0.15) is 0 Å². The summed E-state index contributed by atoms with van der Waals surface area (Å²) in [6.45, 7) is 1.79. The molecule has 3 nitrogen and oxygen atoms in total. The number of carbonyl (C=O) groups excluding carboxylic acids is 1. The number of halogens is 1. The zero-order chi connectivity index (χ0) is 9.84. The zero-order valence-electron chi connectivity index (χ0n) is 7.29. The topological polar surface area (TPSA) is 53.9 Å². The molecular weight excluding hydrogens is 281 g/mol. The molecule has 0 aromatic heterocycles. The summed E-state index contributed by atoms with van der Waals surface area (Å²) in [5.74, 6) is 0.346. The van der Waals surface area contributed by atoms with Crippen LogP contribution in [0.25, 0.3) is 0 Å². The highest BCUT2D eigenvalue weighted by atomic mass is 127. The summed E-state index contributed by atoms with van der Waals surface area (Å²) in [5.41, 5.74) is 4.64. The second-order valence-electron chi connectivity index (χ2n) is 2.68. The van der Waals surface area contributed by atoms with Crippen LogP contribution in [0, 0.1) is 0 Å². The van der Waals surface area contributed by atoms with Gasteiger partial charge >= 0.3 is 5.97 Å². The number of benzene rings is 1. The van der Waals surface area contributed by atoms with Crippen LogP contribution in [0.5, 0.6) is 5.75 Å². The molecule has 0 saturated carbocycles. The molecule has 1 atom stereocenters. The fraction of sp³-hybridized carbons (Fsp3) is 0.222. The first-order valence-corrected chi connectivity index (χ1v) is 5.12. The van der Waals surface area contributed by atoms with E-state index >= 15 is 0 Å². The molecule has 0 aliphatic carbocycles. The zero-order valence-corrected chi connectivity index (χ0v) is 9.45. The van der Waals surface area contributed by atoms with E-state index in [4.69, 9.17) is 4.74 Å². The Hall–Kier alpha value is -0.620. The highest BCUT2D eigenvalue weighted by Crippen LogP contribution is 2.14. The first kappa shape index (κ1) is 10.5. The van der Waals surface area contributed by atoms with E-state index in [1.54, 1.807) is 31.2 Å². The Balaban J connectivity index is 2.65. The van der Waals surface area contributed by atoms with Crippen molar-refractivity contribution >= 4 is 34.2 Å². The number of hydrogen-bond acceptors (Lipinski definition) is 2. The van der Waals surface area contributed by atoms with Crippen molar-refractivity contribution in [3.8, 4) is 5.75 Å². The average molecular weight is 292 g/mol. The quantitative estimate of drug-likeness (QED) is 0.386. The lowest BCUT2D eigenvalue weighted by atomic mass is 10.3. The van der Waals surface area contributed by atoms with Crippen LogP contribution in [0.2, 0.25) is 0 Å². The van der Waals surface area contributed by atoms with Crippen LogP contribution in [0.1, 0.15) is 6.92 Å². The molecule has 0 saturated heterocycles. The molecule has 1 aromatic carbocycles. The van der Waals surface area contributed by atoms with Crippen molar-refractivity contribution in [1.82, 2.24) is 0 Å². The summed E-state index contributed by atoms with van der Waals surface area (Å²) in [6, 6.07) is 7.08. The molecule has 1 rings (SSSR count). The molecule has 0 bridgehead atoms. The third-order valence-corrected chi connectivity index (χ3v) is 1.98. The average Bonchev–Trinajstić information content (AvgIpc) is 2.08. The summed E-state index contributed by atoms with van der Waals surface area (Å²) in [4.78, 5) is 11.2. The molecule has 13 heavy (non-hydrogen) atoms. The Morgan fingerprint density at radius 1 is 1.46 bits per heavy atom. The Bertz CT molecular complexity index is 295. The molecule has 0 spiro atoms. The molecular formula is C9H11INO2+. The lowest BCUT2D eigenvalue weighted by molar-refractivity contribution is -0.254.